The lowest BCUT2D eigenvalue weighted by Gasteiger charge is -2.29. The zero-order chi connectivity index (χ0) is 16.4. The molecule has 0 aromatic heterocycles. The molecule has 1 aromatic carbocycles. The molecule has 1 unspecified atom stereocenters. The molecule has 22 heavy (non-hydrogen) atoms. The zero-order valence-corrected chi connectivity index (χ0v) is 14.0. The lowest BCUT2D eigenvalue weighted by atomic mass is 9.75. The van der Waals surface area contributed by atoms with Gasteiger partial charge in [-0.15, -0.1) is 0 Å². The summed E-state index contributed by atoms with van der Waals surface area (Å²) >= 11 is 0. The fourth-order valence-corrected chi connectivity index (χ4v) is 2.96. The maximum absolute atomic E-state index is 12.1. The number of carbonyl (C=O) groups is 1. The van der Waals surface area contributed by atoms with Crippen LogP contribution in [0.1, 0.15) is 62.9 Å². The maximum atomic E-state index is 12.1. The van der Waals surface area contributed by atoms with Gasteiger partial charge in [0.25, 0.3) is 0 Å². The highest BCUT2D eigenvalue weighted by Crippen LogP contribution is 2.40. The number of ketones is 1. The minimum atomic E-state index is -0.314. The van der Waals surface area contributed by atoms with Crippen LogP contribution in [0, 0.1) is 5.41 Å². The van der Waals surface area contributed by atoms with E-state index < -0.39 is 0 Å². The number of Topliss-reactive ketones (excluding diaryl/α,β-unsaturated/α-hetero) is 1. The Morgan fingerprint density at radius 2 is 1.95 bits per heavy atom. The molecule has 2 rings (SSSR count). The van der Waals surface area contributed by atoms with Gasteiger partial charge in [0, 0.05) is 11.0 Å². The third-order valence-electron chi connectivity index (χ3n) is 4.77. The molecule has 118 valence electrons. The fraction of sp³-hybridized carbons (Fsp3) is 0.450. The molecule has 0 amide bonds. The number of carbonyl (C=O) groups excluding carboxylic acids is 1. The van der Waals surface area contributed by atoms with Gasteiger partial charge in [-0.25, -0.2) is 0 Å². The summed E-state index contributed by atoms with van der Waals surface area (Å²) in [6.45, 7) is 8.48. The first-order chi connectivity index (χ1) is 10.3. The lowest BCUT2D eigenvalue weighted by molar-refractivity contribution is 0.0977. The van der Waals surface area contributed by atoms with Gasteiger partial charge < -0.3 is 5.11 Å². The Bertz CT molecular complexity index is 622. The minimum absolute atomic E-state index is 0.0599. The summed E-state index contributed by atoms with van der Waals surface area (Å²) in [7, 11) is 0. The van der Waals surface area contributed by atoms with Crippen LogP contribution in [0.2, 0.25) is 0 Å². The summed E-state index contributed by atoms with van der Waals surface area (Å²) in [5.74, 6) is -0.509. The number of rotatable bonds is 3. The van der Waals surface area contributed by atoms with E-state index in [1.54, 1.807) is 13.0 Å². The fourth-order valence-electron chi connectivity index (χ4n) is 2.96. The van der Waals surface area contributed by atoms with E-state index in [-0.39, 0.29) is 17.0 Å². The SMILES string of the molecule is C/C=C(\O)C(=O)c1cccc(C2(C)C=CCC(C)(C)CC2)c1. The molecule has 1 N–H and O–H groups in total. The molecule has 0 saturated carbocycles. The molecule has 0 heterocycles. The van der Waals surface area contributed by atoms with Crippen LogP contribution in [-0.4, -0.2) is 10.9 Å². The Morgan fingerprint density at radius 1 is 1.23 bits per heavy atom. The van der Waals surface area contributed by atoms with E-state index in [0.29, 0.717) is 11.0 Å². The largest absolute Gasteiger partial charge is 0.504 e. The summed E-state index contributed by atoms with van der Waals surface area (Å²) in [6, 6.07) is 7.66. The normalized spacial score (nSPS) is 24.8. The molecule has 0 saturated heterocycles. The van der Waals surface area contributed by atoms with Crippen molar-refractivity contribution < 1.29 is 9.90 Å². The van der Waals surface area contributed by atoms with E-state index >= 15 is 0 Å². The molecule has 2 heteroatoms. The Kier molecular flexibility index (Phi) is 4.60. The predicted molar refractivity (Wildman–Crippen MR) is 91.3 cm³/mol. The van der Waals surface area contributed by atoms with Crippen molar-refractivity contribution in [3.63, 3.8) is 0 Å². The first kappa shape index (κ1) is 16.5. The summed E-state index contributed by atoms with van der Waals surface area (Å²) in [4.78, 5) is 12.1. The van der Waals surface area contributed by atoms with Gasteiger partial charge in [0.1, 0.15) is 0 Å². The second-order valence-corrected chi connectivity index (χ2v) is 7.27. The first-order valence-electron chi connectivity index (χ1n) is 7.96. The third kappa shape index (κ3) is 3.49. The zero-order valence-electron chi connectivity index (χ0n) is 14.0. The molecule has 1 aliphatic carbocycles. The summed E-state index contributed by atoms with van der Waals surface area (Å²) < 4.78 is 0. The molecule has 0 radical (unpaired) electrons. The number of hydrogen-bond donors (Lipinski definition) is 1. The van der Waals surface area contributed by atoms with Crippen molar-refractivity contribution in [2.75, 3.05) is 0 Å². The standard InChI is InChI=1S/C20H26O2/c1-5-17(21)18(22)15-8-6-9-16(14-15)20(4)11-7-10-19(2,3)12-13-20/h5-9,11,14,21H,10,12-13H2,1-4H3/b17-5-. The maximum Gasteiger partial charge on any atom is 0.226 e. The first-order valence-corrected chi connectivity index (χ1v) is 7.96. The molecule has 0 spiro atoms. The van der Waals surface area contributed by atoms with Crippen LogP contribution in [0.3, 0.4) is 0 Å². The highest BCUT2D eigenvalue weighted by molar-refractivity contribution is 6.07. The number of aliphatic hydroxyl groups excluding tert-OH is 1. The van der Waals surface area contributed by atoms with E-state index in [0.717, 1.165) is 24.8 Å². The average Bonchev–Trinajstić information content (AvgIpc) is 2.65. The topological polar surface area (TPSA) is 37.3 Å². The molecular weight excluding hydrogens is 272 g/mol. The van der Waals surface area contributed by atoms with Gasteiger partial charge >= 0.3 is 0 Å². The Balaban J connectivity index is 2.35. The van der Waals surface area contributed by atoms with Gasteiger partial charge in [0.05, 0.1) is 0 Å². The molecule has 0 fully saturated rings. The van der Waals surface area contributed by atoms with Crippen LogP contribution in [0.5, 0.6) is 0 Å². The van der Waals surface area contributed by atoms with E-state index in [9.17, 15) is 9.90 Å². The third-order valence-corrected chi connectivity index (χ3v) is 4.77. The molecule has 2 nitrogen and oxygen atoms in total. The Hall–Kier alpha value is -1.83. The highest BCUT2D eigenvalue weighted by atomic mass is 16.3. The smallest absolute Gasteiger partial charge is 0.226 e. The van der Waals surface area contributed by atoms with E-state index in [4.69, 9.17) is 0 Å². The van der Waals surface area contributed by atoms with Gasteiger partial charge in [-0.1, -0.05) is 51.1 Å². The van der Waals surface area contributed by atoms with E-state index in [2.05, 4.69) is 39.0 Å². The molecule has 1 atom stereocenters. The lowest BCUT2D eigenvalue weighted by Crippen LogP contribution is -2.21. The van der Waals surface area contributed by atoms with Crippen LogP contribution in [0.4, 0.5) is 0 Å². The number of aliphatic hydroxyl groups is 1. The molecule has 0 bridgehead atoms. The molecule has 0 aliphatic heterocycles. The predicted octanol–water partition coefficient (Wildman–Crippen LogP) is 5.36. The van der Waals surface area contributed by atoms with Crippen molar-refractivity contribution in [1.29, 1.82) is 0 Å². The van der Waals surface area contributed by atoms with Crippen LogP contribution >= 0.6 is 0 Å². The monoisotopic (exact) mass is 298 g/mol. The number of allylic oxidation sites excluding steroid dienone is 4. The average molecular weight is 298 g/mol. The summed E-state index contributed by atoms with van der Waals surface area (Å²) in [5, 5.41) is 9.66. The summed E-state index contributed by atoms with van der Waals surface area (Å²) in [6.07, 6.45) is 9.27. The number of benzene rings is 1. The molecular formula is C20H26O2. The van der Waals surface area contributed by atoms with Crippen molar-refractivity contribution in [1.82, 2.24) is 0 Å². The van der Waals surface area contributed by atoms with Gasteiger partial charge in [-0.05, 0) is 49.3 Å². The number of hydrogen-bond acceptors (Lipinski definition) is 2. The second-order valence-electron chi connectivity index (χ2n) is 7.27. The summed E-state index contributed by atoms with van der Waals surface area (Å²) in [5.41, 5.74) is 1.95. The van der Waals surface area contributed by atoms with Gasteiger partial charge in [-0.3, -0.25) is 4.79 Å². The Labute approximate surface area is 133 Å². The van der Waals surface area contributed by atoms with Crippen molar-refractivity contribution in [3.05, 3.63) is 59.4 Å². The van der Waals surface area contributed by atoms with Crippen molar-refractivity contribution in [2.45, 2.75) is 52.4 Å². The van der Waals surface area contributed by atoms with Gasteiger partial charge in [-0.2, -0.15) is 0 Å². The molecule has 1 aliphatic rings. The van der Waals surface area contributed by atoms with Crippen LogP contribution in [-0.2, 0) is 5.41 Å². The van der Waals surface area contributed by atoms with Crippen molar-refractivity contribution >= 4 is 5.78 Å². The van der Waals surface area contributed by atoms with Crippen molar-refractivity contribution in [3.8, 4) is 0 Å². The van der Waals surface area contributed by atoms with Crippen molar-refractivity contribution in [2.24, 2.45) is 5.41 Å². The van der Waals surface area contributed by atoms with Gasteiger partial charge in [0.15, 0.2) is 5.76 Å². The van der Waals surface area contributed by atoms with E-state index in [1.165, 1.54) is 6.08 Å². The van der Waals surface area contributed by atoms with Crippen LogP contribution in [0.25, 0.3) is 0 Å². The second kappa shape index (κ2) is 6.12. The molecule has 1 aromatic rings. The van der Waals surface area contributed by atoms with Crippen LogP contribution in [0.15, 0.2) is 48.3 Å². The quantitative estimate of drug-likeness (QED) is 0.353. The van der Waals surface area contributed by atoms with E-state index in [1.807, 2.05) is 12.1 Å². The highest BCUT2D eigenvalue weighted by Gasteiger charge is 2.30. The minimum Gasteiger partial charge on any atom is -0.504 e. The van der Waals surface area contributed by atoms with Crippen LogP contribution < -0.4 is 0 Å². The Morgan fingerprint density at radius 3 is 2.64 bits per heavy atom. The van der Waals surface area contributed by atoms with Gasteiger partial charge in [0.2, 0.25) is 5.78 Å².